The van der Waals surface area contributed by atoms with Crippen LogP contribution in [0, 0.1) is 0 Å². The third kappa shape index (κ3) is 4.23. The van der Waals surface area contributed by atoms with Crippen molar-refractivity contribution >= 4 is 11.7 Å². The Morgan fingerprint density at radius 1 is 1.33 bits per heavy atom. The summed E-state index contributed by atoms with van der Waals surface area (Å²) in [5, 5.41) is 8.50. The average molecular weight is 255 g/mol. The highest BCUT2D eigenvalue weighted by Gasteiger charge is 2.08. The average Bonchev–Trinajstić information content (AvgIpc) is 2.39. The quantitative estimate of drug-likeness (QED) is 0.417. The number of benzene rings is 1. The monoisotopic (exact) mass is 255 g/mol. The van der Waals surface area contributed by atoms with E-state index in [0.717, 1.165) is 0 Å². The van der Waals surface area contributed by atoms with Gasteiger partial charge in [-0.3, -0.25) is 0 Å². The second-order valence-electron chi connectivity index (χ2n) is 3.43. The van der Waals surface area contributed by atoms with Gasteiger partial charge in [0.2, 0.25) is 0 Å². The maximum absolute atomic E-state index is 11.2. The third-order valence-electron chi connectivity index (χ3n) is 2.15. The number of carbonyl (C=O) groups excluding carboxylic acids is 1. The van der Waals surface area contributed by atoms with E-state index in [1.54, 1.807) is 12.1 Å². The van der Waals surface area contributed by atoms with Gasteiger partial charge in [-0.15, -0.1) is 0 Å². The summed E-state index contributed by atoms with van der Waals surface area (Å²) in [7, 11) is 1.31. The molecule has 0 spiro atoms. The lowest BCUT2D eigenvalue weighted by atomic mass is 10.2. The molecule has 100 valence electrons. The molecule has 6 heteroatoms. The van der Waals surface area contributed by atoms with Crippen molar-refractivity contribution < 1.29 is 24.1 Å². The fraction of sp³-hybridized carbons (Fsp3) is 0.417. The van der Waals surface area contributed by atoms with Gasteiger partial charge in [0, 0.05) is 0 Å². The molecule has 0 atom stereocenters. The first-order chi connectivity index (χ1) is 8.69. The van der Waals surface area contributed by atoms with Crippen LogP contribution < -0.4 is 10.5 Å². The van der Waals surface area contributed by atoms with Crippen molar-refractivity contribution in [3.63, 3.8) is 0 Å². The predicted molar refractivity (Wildman–Crippen MR) is 65.6 cm³/mol. The molecule has 0 fully saturated rings. The van der Waals surface area contributed by atoms with Crippen LogP contribution in [0.3, 0.4) is 0 Å². The van der Waals surface area contributed by atoms with Crippen LogP contribution in [0.2, 0.25) is 0 Å². The maximum Gasteiger partial charge on any atom is 0.337 e. The van der Waals surface area contributed by atoms with Crippen molar-refractivity contribution in [2.45, 2.75) is 0 Å². The molecule has 0 aromatic heterocycles. The van der Waals surface area contributed by atoms with E-state index in [1.165, 1.54) is 13.2 Å². The summed E-state index contributed by atoms with van der Waals surface area (Å²) in [6.07, 6.45) is 0. The van der Waals surface area contributed by atoms with E-state index in [0.29, 0.717) is 30.2 Å². The zero-order chi connectivity index (χ0) is 13.4. The second-order valence-corrected chi connectivity index (χ2v) is 3.43. The highest BCUT2D eigenvalue weighted by molar-refractivity contribution is 5.90. The molecule has 1 rings (SSSR count). The van der Waals surface area contributed by atoms with Crippen molar-refractivity contribution in [1.82, 2.24) is 0 Å². The Hall–Kier alpha value is -1.79. The molecule has 1 aromatic carbocycles. The summed E-state index contributed by atoms with van der Waals surface area (Å²) in [6, 6.07) is 4.68. The molecule has 0 aliphatic rings. The molecule has 0 aliphatic carbocycles. The number of aliphatic hydroxyl groups is 1. The lowest BCUT2D eigenvalue weighted by Gasteiger charge is -2.10. The molecular formula is C12H17NO5. The van der Waals surface area contributed by atoms with Crippen LogP contribution in [0.4, 0.5) is 5.69 Å². The zero-order valence-corrected chi connectivity index (χ0v) is 10.2. The number of nitrogen functional groups attached to an aromatic ring is 1. The molecule has 0 radical (unpaired) electrons. The minimum Gasteiger partial charge on any atom is -0.489 e. The minimum atomic E-state index is -0.445. The Bertz CT molecular complexity index is 394. The van der Waals surface area contributed by atoms with Gasteiger partial charge in [0.15, 0.2) is 0 Å². The number of nitrogens with two attached hydrogens (primary N) is 1. The molecule has 0 unspecified atom stereocenters. The van der Waals surface area contributed by atoms with E-state index in [9.17, 15) is 4.79 Å². The summed E-state index contributed by atoms with van der Waals surface area (Å²) in [5.41, 5.74) is 6.48. The van der Waals surface area contributed by atoms with Gasteiger partial charge in [0.25, 0.3) is 0 Å². The largest absolute Gasteiger partial charge is 0.489 e. The molecule has 6 nitrogen and oxygen atoms in total. The Kier molecular flexibility index (Phi) is 5.96. The highest BCUT2D eigenvalue weighted by Crippen LogP contribution is 2.22. The Morgan fingerprint density at radius 2 is 2.11 bits per heavy atom. The van der Waals surface area contributed by atoms with E-state index in [4.69, 9.17) is 20.3 Å². The summed E-state index contributed by atoms with van der Waals surface area (Å²) < 4.78 is 15.0. The fourth-order valence-electron chi connectivity index (χ4n) is 1.30. The van der Waals surface area contributed by atoms with Gasteiger partial charge in [-0.05, 0) is 18.2 Å². The number of ether oxygens (including phenoxy) is 3. The Morgan fingerprint density at radius 3 is 2.72 bits per heavy atom. The summed E-state index contributed by atoms with van der Waals surface area (Å²) >= 11 is 0. The standard InChI is InChI=1S/C12H17NO5/c1-16-12(15)9-2-3-11(10(13)8-9)18-7-6-17-5-4-14/h2-3,8,14H,4-7,13H2,1H3. The van der Waals surface area contributed by atoms with Crippen LogP contribution in [-0.2, 0) is 9.47 Å². The van der Waals surface area contributed by atoms with Crippen LogP contribution in [0.1, 0.15) is 10.4 Å². The molecule has 0 bridgehead atoms. The number of esters is 1. The van der Waals surface area contributed by atoms with E-state index in [-0.39, 0.29) is 13.2 Å². The van der Waals surface area contributed by atoms with Crippen molar-refractivity contribution in [1.29, 1.82) is 0 Å². The lowest BCUT2D eigenvalue weighted by Crippen LogP contribution is -2.10. The first kappa shape index (κ1) is 14.3. The van der Waals surface area contributed by atoms with E-state index in [2.05, 4.69) is 4.74 Å². The van der Waals surface area contributed by atoms with Crippen molar-refractivity contribution in [3.8, 4) is 5.75 Å². The molecule has 0 saturated carbocycles. The number of methoxy groups -OCH3 is 1. The van der Waals surface area contributed by atoms with Gasteiger partial charge < -0.3 is 25.1 Å². The zero-order valence-electron chi connectivity index (χ0n) is 10.2. The van der Waals surface area contributed by atoms with Crippen molar-refractivity contribution in [2.75, 3.05) is 39.3 Å². The molecule has 0 saturated heterocycles. The summed E-state index contributed by atoms with van der Waals surface area (Å²) in [6.45, 7) is 0.941. The molecule has 3 N–H and O–H groups in total. The number of aliphatic hydroxyl groups excluding tert-OH is 1. The van der Waals surface area contributed by atoms with Gasteiger partial charge in [-0.1, -0.05) is 0 Å². The number of anilines is 1. The molecule has 0 heterocycles. The third-order valence-corrected chi connectivity index (χ3v) is 2.15. The Labute approximate surface area is 105 Å². The first-order valence-corrected chi connectivity index (χ1v) is 5.48. The predicted octanol–water partition coefficient (Wildman–Crippen LogP) is 0.443. The highest BCUT2D eigenvalue weighted by atomic mass is 16.5. The van der Waals surface area contributed by atoms with Gasteiger partial charge in [0.05, 0.1) is 38.2 Å². The topological polar surface area (TPSA) is 91.0 Å². The SMILES string of the molecule is COC(=O)c1ccc(OCCOCCO)c(N)c1. The van der Waals surface area contributed by atoms with Gasteiger partial charge in [0.1, 0.15) is 12.4 Å². The number of rotatable bonds is 7. The van der Waals surface area contributed by atoms with Crippen LogP contribution >= 0.6 is 0 Å². The summed E-state index contributed by atoms with van der Waals surface area (Å²) in [5.74, 6) is 0.0368. The first-order valence-electron chi connectivity index (χ1n) is 5.48. The van der Waals surface area contributed by atoms with Crippen LogP contribution in [-0.4, -0.2) is 44.6 Å². The molecule has 0 amide bonds. The normalized spacial score (nSPS) is 10.1. The summed E-state index contributed by atoms with van der Waals surface area (Å²) in [4.78, 5) is 11.2. The smallest absolute Gasteiger partial charge is 0.337 e. The molecular weight excluding hydrogens is 238 g/mol. The maximum atomic E-state index is 11.2. The van der Waals surface area contributed by atoms with Crippen molar-refractivity contribution in [3.05, 3.63) is 23.8 Å². The van der Waals surface area contributed by atoms with Gasteiger partial charge >= 0.3 is 5.97 Å². The Balaban J connectivity index is 2.49. The number of hydrogen-bond acceptors (Lipinski definition) is 6. The number of carbonyl (C=O) groups is 1. The van der Waals surface area contributed by atoms with Gasteiger partial charge in [-0.25, -0.2) is 4.79 Å². The fourth-order valence-corrected chi connectivity index (χ4v) is 1.30. The molecule has 1 aromatic rings. The van der Waals surface area contributed by atoms with Crippen molar-refractivity contribution in [2.24, 2.45) is 0 Å². The van der Waals surface area contributed by atoms with Crippen LogP contribution in [0.5, 0.6) is 5.75 Å². The van der Waals surface area contributed by atoms with Gasteiger partial charge in [-0.2, -0.15) is 0 Å². The molecule has 18 heavy (non-hydrogen) atoms. The second kappa shape index (κ2) is 7.52. The van der Waals surface area contributed by atoms with E-state index in [1.807, 2.05) is 0 Å². The lowest BCUT2D eigenvalue weighted by molar-refractivity contribution is 0.0600. The molecule has 0 aliphatic heterocycles. The van der Waals surface area contributed by atoms with Crippen LogP contribution in [0.15, 0.2) is 18.2 Å². The van der Waals surface area contributed by atoms with Crippen LogP contribution in [0.25, 0.3) is 0 Å². The van der Waals surface area contributed by atoms with E-state index >= 15 is 0 Å². The minimum absolute atomic E-state index is 0.0179. The number of hydrogen-bond donors (Lipinski definition) is 2. The van der Waals surface area contributed by atoms with E-state index < -0.39 is 5.97 Å².